The van der Waals surface area contributed by atoms with Gasteiger partial charge in [-0.3, -0.25) is 9.59 Å². The van der Waals surface area contributed by atoms with Gasteiger partial charge in [-0.15, -0.1) is 5.10 Å². The fourth-order valence-electron chi connectivity index (χ4n) is 3.07. The normalized spacial score (nSPS) is 16.0. The summed E-state index contributed by atoms with van der Waals surface area (Å²) in [4.78, 5) is 29.3. The van der Waals surface area contributed by atoms with E-state index in [1.807, 2.05) is 0 Å². The summed E-state index contributed by atoms with van der Waals surface area (Å²) in [5.74, 6) is -1.20. The molecule has 1 aromatic heterocycles. The van der Waals surface area contributed by atoms with Crippen LogP contribution in [0.15, 0.2) is 35.6 Å². The number of rotatable bonds is 5. The molecule has 1 atom stereocenters. The van der Waals surface area contributed by atoms with E-state index in [9.17, 15) is 22.8 Å². The number of carbonyl (C=O) groups excluding carboxylic acids is 2. The molecule has 0 saturated carbocycles. The molecule has 2 heterocycles. The molecule has 0 fully saturated rings. The number of amides is 1. The Morgan fingerprint density at radius 1 is 1.31 bits per heavy atom. The number of nitrogens with one attached hydrogen (secondary N) is 1. The molecule has 1 aliphatic heterocycles. The largest absolute Gasteiger partial charge is 0.470 e. The Morgan fingerprint density at radius 2 is 2.03 bits per heavy atom. The van der Waals surface area contributed by atoms with E-state index in [1.54, 1.807) is 19.1 Å². The molecule has 0 bridgehead atoms. The monoisotopic (exact) mass is 488 g/mol. The van der Waals surface area contributed by atoms with Crippen molar-refractivity contribution in [3.63, 3.8) is 0 Å². The zero-order chi connectivity index (χ0) is 23.6. The Hall–Kier alpha value is -2.85. The van der Waals surface area contributed by atoms with Crippen LogP contribution >= 0.6 is 23.2 Å². The first-order valence-corrected chi connectivity index (χ1v) is 10.0. The van der Waals surface area contributed by atoms with Crippen molar-refractivity contribution in [2.24, 2.45) is 5.10 Å². The lowest BCUT2D eigenvalue weighted by Crippen LogP contribution is -2.39. The van der Waals surface area contributed by atoms with Crippen molar-refractivity contribution in [2.75, 3.05) is 16.9 Å². The van der Waals surface area contributed by atoms with E-state index in [1.165, 1.54) is 25.3 Å². The van der Waals surface area contributed by atoms with Crippen molar-refractivity contribution in [3.05, 3.63) is 51.6 Å². The molecule has 170 valence electrons. The predicted molar refractivity (Wildman–Crippen MR) is 114 cm³/mol. The van der Waals surface area contributed by atoms with Gasteiger partial charge in [0.1, 0.15) is 6.04 Å². The third kappa shape index (κ3) is 5.49. The summed E-state index contributed by atoms with van der Waals surface area (Å²) < 4.78 is 42.5. The highest BCUT2D eigenvalue weighted by Gasteiger charge is 2.38. The van der Waals surface area contributed by atoms with Gasteiger partial charge in [-0.2, -0.15) is 13.2 Å². The number of ketones is 1. The SMILES string of the molecule is CC(=O)c1cc(Cl)cc(C)c1NC(=O)C1CC(OCC(F)(F)F)=NN1c1ncccc1Cl. The van der Waals surface area contributed by atoms with Crippen molar-refractivity contribution in [1.82, 2.24) is 4.98 Å². The van der Waals surface area contributed by atoms with Gasteiger partial charge in [0, 0.05) is 16.8 Å². The molecule has 1 amide bonds. The van der Waals surface area contributed by atoms with Crippen LogP contribution < -0.4 is 10.3 Å². The number of ether oxygens (including phenoxy) is 1. The van der Waals surface area contributed by atoms with Crippen molar-refractivity contribution >= 4 is 52.3 Å². The van der Waals surface area contributed by atoms with E-state index in [-0.39, 0.29) is 40.2 Å². The number of anilines is 2. The first-order valence-electron chi connectivity index (χ1n) is 9.25. The molecule has 1 aliphatic rings. The van der Waals surface area contributed by atoms with E-state index >= 15 is 0 Å². The average Bonchev–Trinajstić information content (AvgIpc) is 3.12. The van der Waals surface area contributed by atoms with Crippen LogP contribution in [0.3, 0.4) is 0 Å². The lowest BCUT2D eigenvalue weighted by Gasteiger charge is -2.23. The smallest absolute Gasteiger partial charge is 0.422 e. The number of pyridine rings is 1. The van der Waals surface area contributed by atoms with Gasteiger partial charge in [-0.05, 0) is 43.7 Å². The first-order chi connectivity index (χ1) is 15.0. The van der Waals surface area contributed by atoms with Crippen LogP contribution in [-0.2, 0) is 9.53 Å². The molecule has 1 aromatic carbocycles. The summed E-state index contributed by atoms with van der Waals surface area (Å²) in [5, 5.41) is 8.21. The van der Waals surface area contributed by atoms with Gasteiger partial charge in [0.2, 0.25) is 11.8 Å². The zero-order valence-electron chi connectivity index (χ0n) is 16.8. The standard InChI is InChI=1S/C20H17Cl2F3N4O3/c1-10-6-12(21)7-13(11(2)30)17(10)27-19(31)15-8-16(32-9-20(23,24)25)28-29(15)18-14(22)4-3-5-26-18/h3-7,15H,8-9H2,1-2H3,(H,27,31). The summed E-state index contributed by atoms with van der Waals surface area (Å²) in [6.07, 6.45) is -3.44. The Balaban J connectivity index is 1.92. The maximum atomic E-state index is 13.1. The summed E-state index contributed by atoms with van der Waals surface area (Å²) in [7, 11) is 0. The van der Waals surface area contributed by atoms with Crippen LogP contribution in [0.25, 0.3) is 0 Å². The Labute approximate surface area is 191 Å². The Kier molecular flexibility index (Phi) is 6.94. The number of carbonyl (C=O) groups is 2. The highest BCUT2D eigenvalue weighted by Crippen LogP contribution is 2.32. The number of hydrogen-bond donors (Lipinski definition) is 1. The number of aryl methyl sites for hydroxylation is 1. The van der Waals surface area contributed by atoms with E-state index in [2.05, 4.69) is 15.4 Å². The van der Waals surface area contributed by atoms with E-state index in [0.717, 1.165) is 5.01 Å². The molecule has 0 spiro atoms. The Bertz CT molecular complexity index is 1090. The van der Waals surface area contributed by atoms with Crippen molar-refractivity contribution in [2.45, 2.75) is 32.5 Å². The molecule has 1 unspecified atom stereocenters. The van der Waals surface area contributed by atoms with Crippen molar-refractivity contribution in [3.8, 4) is 0 Å². The van der Waals surface area contributed by atoms with Gasteiger partial charge >= 0.3 is 6.18 Å². The van der Waals surface area contributed by atoms with Gasteiger partial charge in [-0.25, -0.2) is 9.99 Å². The molecule has 12 heteroatoms. The molecule has 1 N–H and O–H groups in total. The lowest BCUT2D eigenvalue weighted by atomic mass is 10.0. The molecule has 3 rings (SSSR count). The summed E-state index contributed by atoms with van der Waals surface area (Å²) in [6.45, 7) is 1.42. The fourth-order valence-corrected chi connectivity index (χ4v) is 3.55. The van der Waals surface area contributed by atoms with Crippen LogP contribution in [0.4, 0.5) is 24.7 Å². The first kappa shape index (κ1) is 23.8. The molecule has 0 radical (unpaired) electrons. The third-order valence-electron chi connectivity index (χ3n) is 4.47. The summed E-state index contributed by atoms with van der Waals surface area (Å²) in [6, 6.07) is 4.92. The topological polar surface area (TPSA) is 83.9 Å². The number of Topliss-reactive ketones (excluding diaryl/α,β-unsaturated/α-hetero) is 1. The molecule has 32 heavy (non-hydrogen) atoms. The Morgan fingerprint density at radius 3 is 2.66 bits per heavy atom. The third-order valence-corrected chi connectivity index (χ3v) is 4.98. The summed E-state index contributed by atoms with van der Waals surface area (Å²) in [5.41, 5.74) is 0.966. The number of hydrazone groups is 1. The molecular weight excluding hydrogens is 472 g/mol. The van der Waals surface area contributed by atoms with Crippen molar-refractivity contribution < 1.29 is 27.5 Å². The number of halogens is 5. The maximum absolute atomic E-state index is 13.1. The fraction of sp³-hybridized carbons (Fsp3) is 0.300. The minimum atomic E-state index is -4.58. The molecule has 0 aliphatic carbocycles. The molecule has 0 saturated heterocycles. The van der Waals surface area contributed by atoms with E-state index in [0.29, 0.717) is 10.6 Å². The van der Waals surface area contributed by atoms with Gasteiger partial charge in [0.15, 0.2) is 18.2 Å². The van der Waals surface area contributed by atoms with Crippen LogP contribution in [0.1, 0.15) is 29.3 Å². The van der Waals surface area contributed by atoms with Gasteiger partial charge in [0.25, 0.3) is 0 Å². The number of alkyl halides is 3. The quantitative estimate of drug-likeness (QED) is 0.598. The molecular formula is C20H17Cl2F3N4O3. The number of aromatic nitrogens is 1. The second-order valence-electron chi connectivity index (χ2n) is 6.96. The van der Waals surface area contributed by atoms with Gasteiger partial charge in [0.05, 0.1) is 17.1 Å². The van der Waals surface area contributed by atoms with E-state index < -0.39 is 24.7 Å². The minimum Gasteiger partial charge on any atom is -0.470 e. The summed E-state index contributed by atoms with van der Waals surface area (Å²) >= 11 is 12.2. The molecule has 7 nitrogen and oxygen atoms in total. The lowest BCUT2D eigenvalue weighted by molar-refractivity contribution is -0.156. The average molecular weight is 489 g/mol. The second kappa shape index (κ2) is 9.33. The minimum absolute atomic E-state index is 0.0690. The van der Waals surface area contributed by atoms with Crippen LogP contribution in [-0.4, -0.2) is 41.4 Å². The van der Waals surface area contributed by atoms with Crippen LogP contribution in [0.2, 0.25) is 10.0 Å². The van der Waals surface area contributed by atoms with Gasteiger partial charge in [-0.1, -0.05) is 23.2 Å². The van der Waals surface area contributed by atoms with Gasteiger partial charge < -0.3 is 10.1 Å². The number of benzene rings is 1. The highest BCUT2D eigenvalue weighted by molar-refractivity contribution is 6.33. The predicted octanol–water partition coefficient (Wildman–Crippen LogP) is 5.01. The maximum Gasteiger partial charge on any atom is 0.422 e. The zero-order valence-corrected chi connectivity index (χ0v) is 18.3. The van der Waals surface area contributed by atoms with Crippen LogP contribution in [0.5, 0.6) is 0 Å². The van der Waals surface area contributed by atoms with Crippen LogP contribution in [0, 0.1) is 6.92 Å². The molecule has 2 aromatic rings. The van der Waals surface area contributed by atoms with E-state index in [4.69, 9.17) is 27.9 Å². The number of nitrogens with zero attached hydrogens (tertiary/aromatic N) is 3. The second-order valence-corrected chi connectivity index (χ2v) is 7.81. The number of hydrogen-bond acceptors (Lipinski definition) is 6. The highest BCUT2D eigenvalue weighted by atomic mass is 35.5. The van der Waals surface area contributed by atoms with Crippen molar-refractivity contribution in [1.29, 1.82) is 0 Å².